The fourth-order valence-corrected chi connectivity index (χ4v) is 3.41. The van der Waals surface area contributed by atoms with Crippen LogP contribution in [0, 0.1) is 5.82 Å². The number of halogens is 3. The maximum Gasteiger partial charge on any atom is 0.234 e. The third-order valence-corrected chi connectivity index (χ3v) is 5.48. The maximum absolute atomic E-state index is 13.1. The summed E-state index contributed by atoms with van der Waals surface area (Å²) in [6.07, 6.45) is 0. The molecule has 28 heavy (non-hydrogen) atoms. The number of nitrogens with zero attached hydrogens (tertiary/aromatic N) is 3. The van der Waals surface area contributed by atoms with E-state index in [0.717, 1.165) is 10.2 Å². The molecule has 146 valence electrons. The van der Waals surface area contributed by atoms with Gasteiger partial charge < -0.3 is 14.6 Å². The van der Waals surface area contributed by atoms with E-state index in [1.807, 2.05) is 24.3 Å². The Bertz CT molecular complexity index is 984. The fourth-order valence-electron chi connectivity index (χ4n) is 2.19. The van der Waals surface area contributed by atoms with Crippen LogP contribution < -0.4 is 10.1 Å². The van der Waals surface area contributed by atoms with E-state index < -0.39 is 5.82 Å². The molecule has 0 aliphatic heterocycles. The van der Waals surface area contributed by atoms with Gasteiger partial charge in [-0.2, -0.15) is 0 Å². The number of carbonyl (C=O) groups is 1. The molecule has 2 aromatic carbocycles. The van der Waals surface area contributed by atoms with Gasteiger partial charge in [0.15, 0.2) is 11.0 Å². The Morgan fingerprint density at radius 3 is 2.75 bits per heavy atom. The molecule has 10 heteroatoms. The normalized spacial score (nSPS) is 10.7. The highest BCUT2D eigenvalue weighted by atomic mass is 79.9. The number of thioether (sulfide) groups is 1. The molecule has 1 amide bonds. The van der Waals surface area contributed by atoms with Crippen molar-refractivity contribution in [1.82, 2.24) is 14.8 Å². The van der Waals surface area contributed by atoms with Crippen LogP contribution in [0.4, 0.5) is 10.1 Å². The van der Waals surface area contributed by atoms with Crippen LogP contribution in [-0.4, -0.2) is 26.4 Å². The average Bonchev–Trinajstić information content (AvgIpc) is 3.01. The van der Waals surface area contributed by atoms with Gasteiger partial charge >= 0.3 is 0 Å². The molecule has 0 saturated heterocycles. The highest BCUT2D eigenvalue weighted by molar-refractivity contribution is 9.10. The number of anilines is 1. The van der Waals surface area contributed by atoms with Crippen LogP contribution in [0.5, 0.6) is 5.75 Å². The topological polar surface area (TPSA) is 69.0 Å². The van der Waals surface area contributed by atoms with Gasteiger partial charge in [-0.25, -0.2) is 4.39 Å². The van der Waals surface area contributed by atoms with E-state index in [1.54, 1.807) is 11.6 Å². The molecule has 3 rings (SSSR count). The quantitative estimate of drug-likeness (QED) is 0.492. The minimum atomic E-state index is -0.434. The monoisotopic (exact) mass is 484 g/mol. The Hall–Kier alpha value is -2.10. The zero-order chi connectivity index (χ0) is 20.1. The van der Waals surface area contributed by atoms with Crippen molar-refractivity contribution in [1.29, 1.82) is 0 Å². The number of hydrogen-bond donors (Lipinski definition) is 1. The zero-order valence-corrected chi connectivity index (χ0v) is 17.8. The Balaban J connectivity index is 1.54. The summed E-state index contributed by atoms with van der Waals surface area (Å²) < 4.78 is 21.3. The summed E-state index contributed by atoms with van der Waals surface area (Å²) in [7, 11) is 1.78. The van der Waals surface area contributed by atoms with Gasteiger partial charge in [-0.1, -0.05) is 39.3 Å². The molecule has 0 aliphatic rings. The SMILES string of the molecule is Cn1c(COc2ccc(F)cc2Cl)nnc1SCC(=O)Nc1ccc(Br)cc1. The van der Waals surface area contributed by atoms with Gasteiger partial charge in [-0.3, -0.25) is 4.79 Å². The minimum Gasteiger partial charge on any atom is -0.484 e. The number of nitrogens with one attached hydrogen (secondary N) is 1. The number of amides is 1. The van der Waals surface area contributed by atoms with Crippen LogP contribution in [0.25, 0.3) is 0 Å². The first-order valence-corrected chi connectivity index (χ1v) is 10.2. The molecular formula is C18H15BrClFN4O2S. The van der Waals surface area contributed by atoms with E-state index in [2.05, 4.69) is 31.4 Å². The maximum atomic E-state index is 13.1. The van der Waals surface area contributed by atoms with E-state index >= 15 is 0 Å². The Morgan fingerprint density at radius 1 is 1.29 bits per heavy atom. The summed E-state index contributed by atoms with van der Waals surface area (Å²) in [6, 6.07) is 11.2. The molecule has 1 N–H and O–H groups in total. The van der Waals surface area contributed by atoms with Gasteiger partial charge in [0, 0.05) is 17.2 Å². The zero-order valence-electron chi connectivity index (χ0n) is 14.7. The van der Waals surface area contributed by atoms with Gasteiger partial charge in [0.1, 0.15) is 18.2 Å². The first-order chi connectivity index (χ1) is 13.4. The summed E-state index contributed by atoms with van der Waals surface area (Å²) in [4.78, 5) is 12.1. The first kappa shape index (κ1) is 20.6. The predicted molar refractivity (Wildman–Crippen MR) is 110 cm³/mol. The molecule has 0 saturated carbocycles. The Kier molecular flexibility index (Phi) is 6.93. The second-order valence-electron chi connectivity index (χ2n) is 5.66. The molecular weight excluding hydrogens is 471 g/mol. The summed E-state index contributed by atoms with van der Waals surface area (Å²) in [6.45, 7) is 0.112. The highest BCUT2D eigenvalue weighted by Crippen LogP contribution is 2.26. The van der Waals surface area contributed by atoms with Crippen LogP contribution >= 0.6 is 39.3 Å². The lowest BCUT2D eigenvalue weighted by Crippen LogP contribution is -2.14. The summed E-state index contributed by atoms with van der Waals surface area (Å²) in [5.74, 6) is 0.514. The number of aromatic nitrogens is 3. The molecule has 0 spiro atoms. The van der Waals surface area contributed by atoms with Gasteiger partial charge in [0.05, 0.1) is 10.8 Å². The summed E-state index contributed by atoms with van der Waals surface area (Å²) >= 11 is 10.6. The molecule has 0 unspecified atom stereocenters. The van der Waals surface area contributed by atoms with E-state index in [4.69, 9.17) is 16.3 Å². The minimum absolute atomic E-state index is 0.112. The summed E-state index contributed by atoms with van der Waals surface area (Å²) in [5, 5.41) is 11.7. The lowest BCUT2D eigenvalue weighted by atomic mass is 10.3. The van der Waals surface area contributed by atoms with Crippen LogP contribution in [-0.2, 0) is 18.4 Å². The number of benzene rings is 2. The second kappa shape index (κ2) is 9.40. The Labute approximate surface area is 178 Å². The third kappa shape index (κ3) is 5.46. The van der Waals surface area contributed by atoms with Crippen molar-refractivity contribution in [3.8, 4) is 5.75 Å². The van der Waals surface area contributed by atoms with E-state index in [1.165, 1.54) is 30.0 Å². The molecule has 6 nitrogen and oxygen atoms in total. The number of hydrogen-bond acceptors (Lipinski definition) is 5. The van der Waals surface area contributed by atoms with Crippen molar-refractivity contribution < 1.29 is 13.9 Å². The van der Waals surface area contributed by atoms with E-state index in [0.29, 0.717) is 16.7 Å². The molecule has 0 aliphatic carbocycles. The van der Waals surface area contributed by atoms with Crippen molar-refractivity contribution in [3.63, 3.8) is 0 Å². The lowest BCUT2D eigenvalue weighted by molar-refractivity contribution is -0.113. The molecule has 3 aromatic rings. The highest BCUT2D eigenvalue weighted by Gasteiger charge is 2.13. The largest absolute Gasteiger partial charge is 0.484 e. The van der Waals surface area contributed by atoms with Crippen molar-refractivity contribution in [3.05, 3.63) is 63.6 Å². The number of rotatable bonds is 7. The second-order valence-corrected chi connectivity index (χ2v) is 7.93. The van der Waals surface area contributed by atoms with Crippen molar-refractivity contribution in [2.24, 2.45) is 7.05 Å². The molecule has 0 atom stereocenters. The average molecular weight is 486 g/mol. The van der Waals surface area contributed by atoms with E-state index in [9.17, 15) is 9.18 Å². The molecule has 0 bridgehead atoms. The molecule has 0 radical (unpaired) electrons. The predicted octanol–water partition coefficient (Wildman–Crippen LogP) is 4.68. The number of carbonyl (C=O) groups excluding carboxylic acids is 1. The number of ether oxygens (including phenoxy) is 1. The van der Waals surface area contributed by atoms with Crippen LogP contribution in [0.1, 0.15) is 5.82 Å². The fraction of sp³-hybridized carbons (Fsp3) is 0.167. The Morgan fingerprint density at radius 2 is 2.04 bits per heavy atom. The van der Waals surface area contributed by atoms with Gasteiger partial charge in [-0.15, -0.1) is 10.2 Å². The third-order valence-electron chi connectivity index (χ3n) is 3.64. The van der Waals surface area contributed by atoms with Crippen LogP contribution in [0.2, 0.25) is 5.02 Å². The van der Waals surface area contributed by atoms with Crippen LogP contribution in [0.15, 0.2) is 52.1 Å². The van der Waals surface area contributed by atoms with Gasteiger partial charge in [0.25, 0.3) is 0 Å². The summed E-state index contributed by atoms with van der Waals surface area (Å²) in [5.41, 5.74) is 0.719. The van der Waals surface area contributed by atoms with E-state index in [-0.39, 0.29) is 23.3 Å². The van der Waals surface area contributed by atoms with Gasteiger partial charge in [-0.05, 0) is 42.5 Å². The smallest absolute Gasteiger partial charge is 0.234 e. The lowest BCUT2D eigenvalue weighted by Gasteiger charge is -2.08. The molecule has 0 fully saturated rings. The first-order valence-electron chi connectivity index (χ1n) is 8.06. The standard InChI is InChI=1S/C18H15BrClFN4O2S/c1-25-16(9-27-15-7-4-12(21)8-14(15)20)23-24-18(25)28-10-17(26)22-13-5-2-11(19)3-6-13/h2-8H,9-10H2,1H3,(H,22,26). The molecule has 1 heterocycles. The molecule has 1 aromatic heterocycles. The van der Waals surface area contributed by atoms with Gasteiger partial charge in [0.2, 0.25) is 5.91 Å². The van der Waals surface area contributed by atoms with Crippen molar-refractivity contribution in [2.75, 3.05) is 11.1 Å². The van der Waals surface area contributed by atoms with Crippen molar-refractivity contribution >= 4 is 50.9 Å². The van der Waals surface area contributed by atoms with Crippen LogP contribution in [0.3, 0.4) is 0 Å². The van der Waals surface area contributed by atoms with Crippen molar-refractivity contribution in [2.45, 2.75) is 11.8 Å².